The molecule has 0 atom stereocenters. The second kappa shape index (κ2) is 10.0. The molecule has 1 aromatic carbocycles. The number of aryl methyl sites for hydroxylation is 1. The third-order valence-electron chi connectivity index (χ3n) is 2.01. The normalized spacial score (nSPS) is 8.78. The highest BCUT2D eigenvalue weighted by atomic mass is 35.5. The molecule has 0 saturated carbocycles. The van der Waals surface area contributed by atoms with Gasteiger partial charge in [-0.15, -0.1) is 0 Å². The Morgan fingerprint density at radius 1 is 1.17 bits per heavy atom. The molecule has 0 aliphatic heterocycles. The number of rotatable bonds is 2. The van der Waals surface area contributed by atoms with E-state index in [0.717, 1.165) is 22.7 Å². The number of aromatic nitrogens is 1. The fraction of sp³-hybridized carbons (Fsp3) is 0.357. The van der Waals surface area contributed by atoms with Crippen LogP contribution >= 0.6 is 24.2 Å². The minimum Gasteiger partial charge on any atom is -0.444 e. The van der Waals surface area contributed by atoms with Gasteiger partial charge in [0.25, 0.3) is 0 Å². The molecule has 0 spiro atoms. The van der Waals surface area contributed by atoms with Crippen LogP contribution in [-0.2, 0) is 6.42 Å². The van der Waals surface area contributed by atoms with Crippen LogP contribution < -0.4 is 0 Å². The molecule has 0 N–H and O–H groups in total. The predicted molar refractivity (Wildman–Crippen MR) is 82.6 cm³/mol. The van der Waals surface area contributed by atoms with Crippen molar-refractivity contribution in [3.63, 3.8) is 0 Å². The van der Waals surface area contributed by atoms with E-state index in [4.69, 9.17) is 16.0 Å². The van der Waals surface area contributed by atoms with Crippen LogP contribution in [0.3, 0.4) is 0 Å². The Hall–Kier alpha value is -0.930. The first-order valence-corrected chi connectivity index (χ1v) is 7.22. The Labute approximate surface area is 120 Å². The lowest BCUT2D eigenvalue weighted by molar-refractivity contribution is 0.573. The molecule has 0 unspecified atom stereocenters. The Balaban J connectivity index is 0.000000659. The maximum Gasteiger partial charge on any atom is 0.226 e. The molecule has 0 bridgehead atoms. The zero-order chi connectivity index (χ0) is 14.0. The van der Waals surface area contributed by atoms with Crippen LogP contribution in [0.1, 0.15) is 26.5 Å². The van der Waals surface area contributed by atoms with E-state index in [0.29, 0.717) is 5.89 Å². The number of nitrogens with zero attached hydrogens (tertiary/aromatic N) is 1. The van der Waals surface area contributed by atoms with Gasteiger partial charge in [0.15, 0.2) is 0 Å². The summed E-state index contributed by atoms with van der Waals surface area (Å²) in [4.78, 5) is 4.32. The van der Waals surface area contributed by atoms with Crippen molar-refractivity contribution in [2.45, 2.75) is 27.2 Å². The zero-order valence-corrected chi connectivity index (χ0v) is 12.9. The fourth-order valence-electron chi connectivity index (χ4n) is 1.19. The molecule has 2 aromatic rings. The minimum absolute atomic E-state index is 0.651. The van der Waals surface area contributed by atoms with Gasteiger partial charge < -0.3 is 4.42 Å². The number of oxazole rings is 1. The van der Waals surface area contributed by atoms with Gasteiger partial charge in [-0.25, -0.2) is 4.98 Å². The van der Waals surface area contributed by atoms with Crippen LogP contribution in [0.2, 0.25) is 5.02 Å². The largest absolute Gasteiger partial charge is 0.444 e. The van der Waals surface area contributed by atoms with Gasteiger partial charge in [-0.05, 0) is 36.9 Å². The van der Waals surface area contributed by atoms with E-state index in [1.807, 2.05) is 45.0 Å². The lowest BCUT2D eigenvalue weighted by Crippen LogP contribution is -1.80. The van der Waals surface area contributed by atoms with E-state index in [2.05, 4.69) is 17.6 Å². The Morgan fingerprint density at radius 3 is 2.17 bits per heavy atom. The molecule has 100 valence electrons. The van der Waals surface area contributed by atoms with Crippen LogP contribution in [0.15, 0.2) is 34.9 Å². The number of halogens is 1. The van der Waals surface area contributed by atoms with Crippen LogP contribution in [0.25, 0.3) is 11.5 Å². The van der Waals surface area contributed by atoms with Crippen LogP contribution in [0.4, 0.5) is 0 Å². The second-order valence-electron chi connectivity index (χ2n) is 3.00. The number of benzene rings is 1. The molecule has 0 amide bonds. The smallest absolute Gasteiger partial charge is 0.226 e. The van der Waals surface area contributed by atoms with Crippen molar-refractivity contribution in [3.8, 4) is 11.5 Å². The first-order chi connectivity index (χ1) is 8.79. The Kier molecular flexibility index (Phi) is 9.52. The van der Waals surface area contributed by atoms with Crippen LogP contribution in [-0.4, -0.2) is 11.2 Å². The molecule has 0 radical (unpaired) electrons. The molecule has 4 heteroatoms. The van der Waals surface area contributed by atoms with Crippen molar-refractivity contribution < 1.29 is 4.42 Å². The van der Waals surface area contributed by atoms with Crippen LogP contribution in [0, 0.1) is 0 Å². The van der Waals surface area contributed by atoms with Crippen molar-refractivity contribution in [1.29, 1.82) is 0 Å². The Bertz CT molecular complexity index is 426. The summed E-state index contributed by atoms with van der Waals surface area (Å²) >= 11 is 9.31. The van der Waals surface area contributed by atoms with Crippen molar-refractivity contribution in [3.05, 3.63) is 41.2 Å². The average Bonchev–Trinajstić information content (AvgIpc) is 2.93. The SMILES string of the molecule is CC.CCc1coc(-c2ccc(Cl)cc2)n1.CS. The molecule has 2 nitrogen and oxygen atoms in total. The van der Waals surface area contributed by atoms with E-state index < -0.39 is 0 Å². The molecule has 0 fully saturated rings. The van der Waals surface area contributed by atoms with Crippen molar-refractivity contribution in [2.75, 3.05) is 6.26 Å². The minimum atomic E-state index is 0.651. The topological polar surface area (TPSA) is 26.0 Å². The summed E-state index contributed by atoms with van der Waals surface area (Å²) in [6.45, 7) is 6.05. The summed E-state index contributed by atoms with van der Waals surface area (Å²) in [5.74, 6) is 0.651. The lowest BCUT2D eigenvalue weighted by Gasteiger charge is -1.94. The molecule has 1 aromatic heterocycles. The first kappa shape index (κ1) is 17.1. The molecule has 0 aliphatic rings. The van der Waals surface area contributed by atoms with Gasteiger partial charge in [-0.3, -0.25) is 0 Å². The molecular weight excluding hydrogens is 266 g/mol. The third-order valence-corrected chi connectivity index (χ3v) is 2.26. The van der Waals surface area contributed by atoms with Gasteiger partial charge in [0, 0.05) is 10.6 Å². The molecule has 18 heavy (non-hydrogen) atoms. The van der Waals surface area contributed by atoms with E-state index in [-0.39, 0.29) is 0 Å². The third kappa shape index (κ3) is 5.15. The highest BCUT2D eigenvalue weighted by Gasteiger charge is 2.04. The molecule has 1 heterocycles. The second-order valence-corrected chi connectivity index (χ2v) is 3.44. The van der Waals surface area contributed by atoms with Gasteiger partial charge in [0.2, 0.25) is 5.89 Å². The zero-order valence-electron chi connectivity index (χ0n) is 11.3. The molecule has 0 saturated heterocycles. The highest BCUT2D eigenvalue weighted by Crippen LogP contribution is 2.20. The van der Waals surface area contributed by atoms with E-state index >= 15 is 0 Å². The van der Waals surface area contributed by atoms with Gasteiger partial charge in [0.05, 0.1) is 5.69 Å². The maximum absolute atomic E-state index is 5.78. The van der Waals surface area contributed by atoms with Gasteiger partial charge in [-0.2, -0.15) is 12.6 Å². The highest BCUT2D eigenvalue weighted by molar-refractivity contribution is 7.79. The first-order valence-electron chi connectivity index (χ1n) is 5.94. The van der Waals surface area contributed by atoms with Crippen LogP contribution in [0.5, 0.6) is 0 Å². The quantitative estimate of drug-likeness (QED) is 0.774. The summed E-state index contributed by atoms with van der Waals surface area (Å²) in [5, 5.41) is 0.719. The summed E-state index contributed by atoms with van der Waals surface area (Å²) in [5.41, 5.74) is 1.92. The number of thiol groups is 1. The standard InChI is InChI=1S/C11H10ClNO.C2H6.CH4S/c1-2-10-7-14-11(13-10)8-3-5-9(12)6-4-8;2*1-2/h3-7H,2H2,1H3;1-2H3;2H,1H3. The van der Waals surface area contributed by atoms with E-state index in [1.165, 1.54) is 0 Å². The van der Waals surface area contributed by atoms with Gasteiger partial charge in [-0.1, -0.05) is 32.4 Å². The van der Waals surface area contributed by atoms with E-state index in [9.17, 15) is 0 Å². The molecule has 0 aliphatic carbocycles. The summed E-state index contributed by atoms with van der Waals surface area (Å²) in [6, 6.07) is 7.45. The van der Waals surface area contributed by atoms with E-state index in [1.54, 1.807) is 12.5 Å². The summed E-state index contributed by atoms with van der Waals surface area (Å²) in [7, 11) is 0. The monoisotopic (exact) mass is 285 g/mol. The fourth-order valence-corrected chi connectivity index (χ4v) is 1.32. The van der Waals surface area contributed by atoms with Gasteiger partial charge in [0.1, 0.15) is 6.26 Å². The molecular formula is C14H20ClNOS. The predicted octanol–water partition coefficient (Wildman–Crippen LogP) is 5.13. The van der Waals surface area contributed by atoms with Crippen molar-refractivity contribution in [2.24, 2.45) is 0 Å². The summed E-state index contributed by atoms with van der Waals surface area (Å²) < 4.78 is 5.33. The lowest BCUT2D eigenvalue weighted by atomic mass is 10.2. The Morgan fingerprint density at radius 2 is 1.72 bits per heavy atom. The maximum atomic E-state index is 5.78. The number of hydrogen-bond acceptors (Lipinski definition) is 3. The van der Waals surface area contributed by atoms with Crippen molar-refractivity contribution in [1.82, 2.24) is 4.98 Å². The molecule has 2 rings (SSSR count). The number of hydrogen-bond donors (Lipinski definition) is 1. The average molecular weight is 286 g/mol. The summed E-state index contributed by atoms with van der Waals surface area (Å²) in [6.07, 6.45) is 4.26. The van der Waals surface area contributed by atoms with Crippen molar-refractivity contribution >= 4 is 24.2 Å². The van der Waals surface area contributed by atoms with Gasteiger partial charge >= 0.3 is 0 Å².